The molecule has 0 atom stereocenters. The van der Waals surface area contributed by atoms with Gasteiger partial charge in [0, 0.05) is 32.6 Å². The maximum Gasteiger partial charge on any atom is 0.222 e. The Kier molecular flexibility index (Phi) is 3.60. The van der Waals surface area contributed by atoms with Crippen LogP contribution in [0.1, 0.15) is 35.6 Å². The largest absolute Gasteiger partial charge is 0.341 e. The van der Waals surface area contributed by atoms with Crippen LogP contribution in [0.25, 0.3) is 0 Å². The van der Waals surface area contributed by atoms with Crippen molar-refractivity contribution in [1.29, 1.82) is 0 Å². The highest BCUT2D eigenvalue weighted by Gasteiger charge is 2.21. The Morgan fingerprint density at radius 1 is 1.32 bits per heavy atom. The van der Waals surface area contributed by atoms with Crippen LogP contribution in [0.2, 0.25) is 0 Å². The van der Waals surface area contributed by atoms with Crippen molar-refractivity contribution in [2.24, 2.45) is 0 Å². The highest BCUT2D eigenvalue weighted by molar-refractivity contribution is 5.91. The molecule has 1 aromatic rings. The van der Waals surface area contributed by atoms with Crippen molar-refractivity contribution in [2.45, 2.75) is 40.2 Å². The van der Waals surface area contributed by atoms with Gasteiger partial charge in [0.15, 0.2) is 0 Å². The lowest BCUT2D eigenvalue weighted by atomic mass is 9.94. The van der Waals surface area contributed by atoms with E-state index < -0.39 is 0 Å². The van der Waals surface area contributed by atoms with Gasteiger partial charge in [-0.25, -0.2) is 0 Å². The number of hydrogen-bond donors (Lipinski definition) is 1. The first-order valence-electron chi connectivity index (χ1n) is 6.53. The lowest BCUT2D eigenvalue weighted by Gasteiger charge is -2.20. The molecule has 4 heteroatoms. The average Bonchev–Trinajstić information content (AvgIpc) is 2.47. The molecule has 0 saturated heterocycles. The summed E-state index contributed by atoms with van der Waals surface area (Å²) in [5, 5.41) is 2.90. The summed E-state index contributed by atoms with van der Waals surface area (Å²) in [7, 11) is 1.83. The number of nitrogens with one attached hydrogen (secondary N) is 1. The average molecular weight is 260 g/mol. The minimum Gasteiger partial charge on any atom is -0.341 e. The van der Waals surface area contributed by atoms with E-state index in [1.165, 1.54) is 18.1 Å². The molecule has 2 rings (SSSR count). The smallest absolute Gasteiger partial charge is 0.222 e. The molecular weight excluding hydrogens is 240 g/mol. The molecule has 19 heavy (non-hydrogen) atoms. The topological polar surface area (TPSA) is 49.4 Å². The minimum absolute atomic E-state index is 0.0656. The van der Waals surface area contributed by atoms with Crippen molar-refractivity contribution in [1.82, 2.24) is 4.90 Å². The number of rotatable bonds is 1. The summed E-state index contributed by atoms with van der Waals surface area (Å²) >= 11 is 0. The zero-order valence-electron chi connectivity index (χ0n) is 12.0. The summed E-state index contributed by atoms with van der Waals surface area (Å²) in [6, 6.07) is 2.10. The van der Waals surface area contributed by atoms with Crippen LogP contribution >= 0.6 is 0 Å². The van der Waals surface area contributed by atoms with Crippen molar-refractivity contribution in [3.8, 4) is 0 Å². The van der Waals surface area contributed by atoms with Crippen molar-refractivity contribution < 1.29 is 9.59 Å². The van der Waals surface area contributed by atoms with Gasteiger partial charge < -0.3 is 10.2 Å². The van der Waals surface area contributed by atoms with Gasteiger partial charge in [-0.1, -0.05) is 6.07 Å². The third-order valence-electron chi connectivity index (χ3n) is 3.73. The van der Waals surface area contributed by atoms with Crippen LogP contribution in [-0.2, 0) is 22.6 Å². The number of benzene rings is 1. The van der Waals surface area contributed by atoms with E-state index in [9.17, 15) is 9.59 Å². The predicted molar refractivity (Wildman–Crippen MR) is 75.0 cm³/mol. The van der Waals surface area contributed by atoms with Crippen LogP contribution < -0.4 is 5.32 Å². The highest BCUT2D eigenvalue weighted by Crippen LogP contribution is 2.30. The third-order valence-corrected chi connectivity index (χ3v) is 3.73. The molecule has 4 nitrogen and oxygen atoms in total. The van der Waals surface area contributed by atoms with Gasteiger partial charge >= 0.3 is 0 Å². The Bertz CT molecular complexity index is 550. The SMILES string of the molecule is CC(=O)Nc1c(C)cc2c(c1C)CN(C)C(=O)CC2. The number of amides is 2. The van der Waals surface area contributed by atoms with Crippen molar-refractivity contribution in [2.75, 3.05) is 12.4 Å². The molecule has 1 aromatic carbocycles. The summed E-state index contributed by atoms with van der Waals surface area (Å²) < 4.78 is 0. The molecule has 1 aliphatic rings. The van der Waals surface area contributed by atoms with E-state index in [1.54, 1.807) is 4.90 Å². The Morgan fingerprint density at radius 2 is 2.00 bits per heavy atom. The van der Waals surface area contributed by atoms with Gasteiger partial charge in [0.25, 0.3) is 0 Å². The molecule has 0 spiro atoms. The fraction of sp³-hybridized carbons (Fsp3) is 0.467. The fourth-order valence-corrected chi connectivity index (χ4v) is 2.68. The van der Waals surface area contributed by atoms with E-state index in [4.69, 9.17) is 0 Å². The van der Waals surface area contributed by atoms with Gasteiger partial charge in [0.2, 0.25) is 11.8 Å². The lowest BCUT2D eigenvalue weighted by molar-refractivity contribution is -0.130. The van der Waals surface area contributed by atoms with Gasteiger partial charge in [-0.15, -0.1) is 0 Å². The fourth-order valence-electron chi connectivity index (χ4n) is 2.68. The normalized spacial score (nSPS) is 14.9. The molecule has 0 aliphatic carbocycles. The van der Waals surface area contributed by atoms with Crippen LogP contribution in [-0.4, -0.2) is 23.8 Å². The summed E-state index contributed by atoms with van der Waals surface area (Å²) in [5.74, 6) is 0.110. The van der Waals surface area contributed by atoms with E-state index in [-0.39, 0.29) is 11.8 Å². The summed E-state index contributed by atoms with van der Waals surface area (Å²) in [6.07, 6.45) is 1.34. The van der Waals surface area contributed by atoms with Crippen LogP contribution in [0, 0.1) is 13.8 Å². The maximum absolute atomic E-state index is 11.8. The molecule has 1 heterocycles. The van der Waals surface area contributed by atoms with E-state index in [2.05, 4.69) is 11.4 Å². The van der Waals surface area contributed by atoms with Crippen LogP contribution in [0.15, 0.2) is 6.07 Å². The molecular formula is C15H20N2O2. The lowest BCUT2D eigenvalue weighted by Crippen LogP contribution is -2.24. The zero-order valence-corrected chi connectivity index (χ0v) is 12.0. The second kappa shape index (κ2) is 5.03. The van der Waals surface area contributed by atoms with E-state index in [0.29, 0.717) is 13.0 Å². The Labute approximate surface area is 113 Å². The summed E-state index contributed by atoms with van der Waals surface area (Å²) in [6.45, 7) is 6.14. The van der Waals surface area contributed by atoms with Crippen LogP contribution in [0.5, 0.6) is 0 Å². The molecule has 102 valence electrons. The molecule has 0 bridgehead atoms. The first kappa shape index (κ1) is 13.6. The molecule has 2 amide bonds. The molecule has 0 aromatic heterocycles. The van der Waals surface area contributed by atoms with E-state index in [0.717, 1.165) is 23.2 Å². The molecule has 1 N–H and O–H groups in total. The zero-order chi connectivity index (χ0) is 14.2. The summed E-state index contributed by atoms with van der Waals surface area (Å²) in [4.78, 5) is 24.8. The quantitative estimate of drug-likeness (QED) is 0.841. The van der Waals surface area contributed by atoms with Crippen LogP contribution in [0.4, 0.5) is 5.69 Å². The second-order valence-electron chi connectivity index (χ2n) is 5.26. The summed E-state index contributed by atoms with van der Waals surface area (Å²) in [5.41, 5.74) is 5.41. The van der Waals surface area contributed by atoms with Gasteiger partial charge in [-0.2, -0.15) is 0 Å². The predicted octanol–water partition coefficient (Wildman–Crippen LogP) is 2.17. The number of aryl methyl sites for hydroxylation is 2. The third kappa shape index (κ3) is 2.62. The van der Waals surface area contributed by atoms with E-state index in [1.807, 2.05) is 20.9 Å². The molecule has 0 fully saturated rings. The highest BCUT2D eigenvalue weighted by atomic mass is 16.2. The van der Waals surface area contributed by atoms with Gasteiger partial charge in [-0.3, -0.25) is 9.59 Å². The number of hydrogen-bond acceptors (Lipinski definition) is 2. The van der Waals surface area contributed by atoms with Crippen molar-refractivity contribution >= 4 is 17.5 Å². The van der Waals surface area contributed by atoms with Gasteiger partial charge in [0.1, 0.15) is 0 Å². The van der Waals surface area contributed by atoms with Gasteiger partial charge in [-0.05, 0) is 42.5 Å². The second-order valence-corrected chi connectivity index (χ2v) is 5.26. The Balaban J connectivity index is 2.51. The van der Waals surface area contributed by atoms with Crippen molar-refractivity contribution in [3.05, 3.63) is 28.3 Å². The van der Waals surface area contributed by atoms with Crippen LogP contribution in [0.3, 0.4) is 0 Å². The number of anilines is 1. The van der Waals surface area contributed by atoms with Gasteiger partial charge in [0.05, 0.1) is 0 Å². The van der Waals surface area contributed by atoms with Crippen molar-refractivity contribution in [3.63, 3.8) is 0 Å². The first-order chi connectivity index (χ1) is 8.90. The number of nitrogens with zero attached hydrogens (tertiary/aromatic N) is 1. The minimum atomic E-state index is -0.0656. The first-order valence-corrected chi connectivity index (χ1v) is 6.53. The monoisotopic (exact) mass is 260 g/mol. The molecule has 0 unspecified atom stereocenters. The number of carbonyl (C=O) groups is 2. The Hall–Kier alpha value is -1.84. The van der Waals surface area contributed by atoms with E-state index >= 15 is 0 Å². The molecule has 1 aliphatic heterocycles. The number of fused-ring (bicyclic) bond motifs is 1. The number of carbonyl (C=O) groups excluding carboxylic acids is 2. The Morgan fingerprint density at radius 3 is 2.63 bits per heavy atom. The molecule has 0 radical (unpaired) electrons. The molecule has 0 saturated carbocycles. The maximum atomic E-state index is 11.8. The standard InChI is InChI=1S/C15H20N2O2/c1-9-7-12-5-6-14(19)17(4)8-13(12)10(2)15(9)16-11(3)18/h7H,5-6,8H2,1-4H3,(H,16,18).